The molecule has 0 amide bonds. The summed E-state index contributed by atoms with van der Waals surface area (Å²) in [6, 6.07) is 0. The Morgan fingerprint density at radius 1 is 0.729 bits per heavy atom. The minimum absolute atomic E-state index is 0. The number of rotatable bonds is 12. The Hall–Kier alpha value is -1.63. The standard InChI is InChI=1S/C35H56O7.6CH4/c1-8-32(4,29(38)40-15-14-36)21-33(5,30(39)42-34(6)18-22-12-13-24(34)16-22)20-31(2,3)28(37)41-35(7)19-23-17-27(35)26-11-9-10-25(23)26;;;;;;/h22-27,36H,8-21H2,1-7H3;6*1H4. The first kappa shape index (κ1) is 48.5. The van der Waals surface area contributed by atoms with Crippen molar-refractivity contribution >= 4 is 17.9 Å². The van der Waals surface area contributed by atoms with E-state index in [-0.39, 0.29) is 82.6 Å². The van der Waals surface area contributed by atoms with Gasteiger partial charge in [-0.3, -0.25) is 14.4 Å². The molecule has 0 aromatic carbocycles. The van der Waals surface area contributed by atoms with E-state index in [0.29, 0.717) is 36.0 Å². The molecule has 286 valence electrons. The van der Waals surface area contributed by atoms with E-state index < -0.39 is 33.4 Å². The van der Waals surface area contributed by atoms with Crippen molar-refractivity contribution in [3.8, 4) is 0 Å². The van der Waals surface area contributed by atoms with E-state index in [9.17, 15) is 19.5 Å². The Bertz CT molecular complexity index is 1070. The Morgan fingerprint density at radius 2 is 1.33 bits per heavy atom. The van der Waals surface area contributed by atoms with Crippen LogP contribution in [0, 0.1) is 51.8 Å². The van der Waals surface area contributed by atoms with Gasteiger partial charge in [-0.25, -0.2) is 0 Å². The second-order valence-corrected chi connectivity index (χ2v) is 16.6. The van der Waals surface area contributed by atoms with Gasteiger partial charge in [-0.2, -0.15) is 0 Å². The van der Waals surface area contributed by atoms with E-state index in [4.69, 9.17) is 14.2 Å². The van der Waals surface area contributed by atoms with Crippen molar-refractivity contribution in [3.05, 3.63) is 0 Å². The van der Waals surface area contributed by atoms with E-state index in [1.807, 2.05) is 34.6 Å². The smallest absolute Gasteiger partial charge is 0.312 e. The molecule has 5 aliphatic carbocycles. The van der Waals surface area contributed by atoms with Gasteiger partial charge in [-0.05, 0) is 142 Å². The molecular formula is C41H80O7. The molecule has 7 nitrogen and oxygen atoms in total. The summed E-state index contributed by atoms with van der Waals surface area (Å²) in [5, 5.41) is 9.25. The summed E-state index contributed by atoms with van der Waals surface area (Å²) in [6.07, 6.45) is 11.0. The minimum atomic E-state index is -1.12. The molecule has 0 heterocycles. The van der Waals surface area contributed by atoms with Gasteiger partial charge in [0.15, 0.2) is 0 Å². The van der Waals surface area contributed by atoms with Gasteiger partial charge < -0.3 is 19.3 Å². The molecule has 4 bridgehead atoms. The summed E-state index contributed by atoms with van der Waals surface area (Å²) >= 11 is 0. The van der Waals surface area contributed by atoms with Crippen molar-refractivity contribution in [1.29, 1.82) is 0 Å². The third kappa shape index (κ3) is 8.62. The van der Waals surface area contributed by atoms with Gasteiger partial charge in [0.05, 0.1) is 22.9 Å². The first-order valence-electron chi connectivity index (χ1n) is 16.8. The average molecular weight is 685 g/mol. The number of carbonyl (C=O) groups is 3. The monoisotopic (exact) mass is 685 g/mol. The van der Waals surface area contributed by atoms with Crippen molar-refractivity contribution in [1.82, 2.24) is 0 Å². The Labute approximate surface area is 297 Å². The molecule has 10 unspecified atom stereocenters. The maximum absolute atomic E-state index is 14.3. The molecule has 0 aromatic heterocycles. The normalized spacial score (nSPS) is 34.5. The number of fused-ring (bicyclic) bond motifs is 7. The molecule has 0 spiro atoms. The van der Waals surface area contributed by atoms with Crippen LogP contribution < -0.4 is 0 Å². The van der Waals surface area contributed by atoms with Gasteiger partial charge in [-0.15, -0.1) is 0 Å². The van der Waals surface area contributed by atoms with Crippen molar-refractivity contribution in [2.45, 2.75) is 181 Å². The fourth-order valence-corrected chi connectivity index (χ4v) is 10.6. The van der Waals surface area contributed by atoms with Crippen molar-refractivity contribution in [3.63, 3.8) is 0 Å². The zero-order valence-electron chi connectivity index (χ0n) is 27.3. The predicted octanol–water partition coefficient (Wildman–Crippen LogP) is 10.4. The topological polar surface area (TPSA) is 99.1 Å². The summed E-state index contributed by atoms with van der Waals surface area (Å²) in [7, 11) is 0. The summed E-state index contributed by atoms with van der Waals surface area (Å²) in [4.78, 5) is 41.6. The molecule has 0 radical (unpaired) electrons. The summed E-state index contributed by atoms with van der Waals surface area (Å²) in [6.45, 7) is 13.2. The second-order valence-electron chi connectivity index (χ2n) is 16.6. The van der Waals surface area contributed by atoms with Crippen molar-refractivity contribution in [2.24, 2.45) is 51.8 Å². The van der Waals surface area contributed by atoms with Gasteiger partial charge in [0.2, 0.25) is 0 Å². The maximum atomic E-state index is 14.3. The summed E-state index contributed by atoms with van der Waals surface area (Å²) < 4.78 is 18.3. The SMILES string of the molecule is C.C.C.C.C.C.CCC(C)(CC(C)(CC(C)(C)C(=O)OC1(C)CC2CC1C1CCCC21)C(=O)OC1(C)CC2CCC1C2)C(=O)OCCO. The molecular weight excluding hydrogens is 604 g/mol. The number of aliphatic hydroxyl groups excluding tert-OH is 1. The molecule has 48 heavy (non-hydrogen) atoms. The van der Waals surface area contributed by atoms with Gasteiger partial charge in [-0.1, -0.05) is 57.9 Å². The molecule has 10 atom stereocenters. The summed E-state index contributed by atoms with van der Waals surface area (Å²) in [5.74, 6) is 2.46. The molecule has 0 saturated heterocycles. The third-order valence-electron chi connectivity index (χ3n) is 12.8. The molecule has 5 aliphatic rings. The van der Waals surface area contributed by atoms with Crippen LogP contribution in [0.25, 0.3) is 0 Å². The zero-order valence-corrected chi connectivity index (χ0v) is 27.3. The number of carbonyl (C=O) groups excluding carboxylic acids is 3. The lowest BCUT2D eigenvalue weighted by molar-refractivity contribution is -0.187. The highest BCUT2D eigenvalue weighted by atomic mass is 16.6. The highest BCUT2D eigenvalue weighted by molar-refractivity contribution is 5.83. The third-order valence-corrected chi connectivity index (χ3v) is 12.8. The lowest BCUT2D eigenvalue weighted by Crippen LogP contribution is -2.49. The number of ether oxygens (including phenoxy) is 3. The van der Waals surface area contributed by atoms with E-state index in [2.05, 4.69) is 13.8 Å². The number of esters is 3. The van der Waals surface area contributed by atoms with Gasteiger partial charge >= 0.3 is 17.9 Å². The maximum Gasteiger partial charge on any atom is 0.312 e. The highest BCUT2D eigenvalue weighted by Crippen LogP contribution is 2.63. The van der Waals surface area contributed by atoms with Crippen LogP contribution in [0.1, 0.15) is 170 Å². The predicted molar refractivity (Wildman–Crippen MR) is 199 cm³/mol. The van der Waals surface area contributed by atoms with Crippen LogP contribution in [0.5, 0.6) is 0 Å². The van der Waals surface area contributed by atoms with Crippen LogP contribution in [0.4, 0.5) is 0 Å². The van der Waals surface area contributed by atoms with Gasteiger partial charge in [0.1, 0.15) is 17.8 Å². The van der Waals surface area contributed by atoms with Crippen LogP contribution in [0.3, 0.4) is 0 Å². The van der Waals surface area contributed by atoms with Gasteiger partial charge in [0.25, 0.3) is 0 Å². The Kier molecular flexibility index (Phi) is 17.2. The minimum Gasteiger partial charge on any atom is -0.463 e. The zero-order chi connectivity index (χ0) is 30.7. The van der Waals surface area contributed by atoms with Crippen molar-refractivity contribution < 1.29 is 33.7 Å². The van der Waals surface area contributed by atoms with Gasteiger partial charge in [0, 0.05) is 5.92 Å². The number of aliphatic hydroxyl groups is 1. The second kappa shape index (κ2) is 17.1. The molecule has 5 saturated carbocycles. The van der Waals surface area contributed by atoms with Crippen LogP contribution >= 0.6 is 0 Å². The Balaban J connectivity index is 0. The molecule has 1 N–H and O–H groups in total. The van der Waals surface area contributed by atoms with Crippen LogP contribution in [0.2, 0.25) is 0 Å². The molecule has 7 heteroatoms. The molecule has 0 aromatic rings. The van der Waals surface area contributed by atoms with Crippen LogP contribution in [-0.4, -0.2) is 47.4 Å². The molecule has 5 fully saturated rings. The molecule has 5 rings (SSSR count). The average Bonchev–Trinajstić information content (AvgIpc) is 3.72. The fraction of sp³-hybridized carbons (Fsp3) is 0.927. The number of hydrogen-bond acceptors (Lipinski definition) is 7. The quantitative estimate of drug-likeness (QED) is 0.161. The lowest BCUT2D eigenvalue weighted by Gasteiger charge is -2.44. The van der Waals surface area contributed by atoms with E-state index in [1.54, 1.807) is 0 Å². The van der Waals surface area contributed by atoms with Crippen LogP contribution in [-0.2, 0) is 28.6 Å². The number of hydrogen-bond donors (Lipinski definition) is 1. The van der Waals surface area contributed by atoms with Crippen molar-refractivity contribution in [2.75, 3.05) is 13.2 Å². The van der Waals surface area contributed by atoms with E-state index in [0.717, 1.165) is 38.0 Å². The van der Waals surface area contributed by atoms with E-state index in [1.165, 1.54) is 25.7 Å². The summed E-state index contributed by atoms with van der Waals surface area (Å²) in [5.41, 5.74) is -4.04. The fourth-order valence-electron chi connectivity index (χ4n) is 10.6. The largest absolute Gasteiger partial charge is 0.463 e. The first-order valence-corrected chi connectivity index (χ1v) is 16.8. The van der Waals surface area contributed by atoms with E-state index >= 15 is 0 Å². The lowest BCUT2D eigenvalue weighted by atomic mass is 9.65. The molecule has 0 aliphatic heterocycles. The Morgan fingerprint density at radius 3 is 1.88 bits per heavy atom. The van der Waals surface area contributed by atoms with Crippen LogP contribution in [0.15, 0.2) is 0 Å². The first-order chi connectivity index (χ1) is 19.6. The highest BCUT2D eigenvalue weighted by Gasteiger charge is 2.62.